The van der Waals surface area contributed by atoms with Crippen LogP contribution in [-0.2, 0) is 0 Å². The summed E-state index contributed by atoms with van der Waals surface area (Å²) in [7, 11) is 0. The van der Waals surface area contributed by atoms with Gasteiger partial charge >= 0.3 is 37.7 Å². The summed E-state index contributed by atoms with van der Waals surface area (Å²) in [6, 6.07) is 13.3. The maximum absolute atomic E-state index is 2.40. The predicted molar refractivity (Wildman–Crippen MR) is 109 cm³/mol. The van der Waals surface area contributed by atoms with Gasteiger partial charge in [0, 0.05) is 11.8 Å². The van der Waals surface area contributed by atoms with E-state index >= 15 is 0 Å². The summed E-state index contributed by atoms with van der Waals surface area (Å²) in [6.07, 6.45) is 11.9. The maximum atomic E-state index is 2.40. The summed E-state index contributed by atoms with van der Waals surface area (Å²) in [6.45, 7) is 4.49. The fourth-order valence-corrected chi connectivity index (χ4v) is 4.18. The Hall–Kier alpha value is -0.885. The summed E-state index contributed by atoms with van der Waals surface area (Å²) < 4.78 is 0. The number of allylic oxidation sites excluding steroid dienone is 2. The zero-order valence-corrected chi connectivity index (χ0v) is 13.3. The third kappa shape index (κ3) is 3.40. The molecule has 4 rings (SSSR count). The average Bonchev–Trinajstić information content (AvgIpc) is 3.11. The van der Waals surface area contributed by atoms with Crippen molar-refractivity contribution in [2.24, 2.45) is 0 Å². The molecule has 24 heavy (non-hydrogen) atoms. The van der Waals surface area contributed by atoms with E-state index in [9.17, 15) is 0 Å². The average molecular weight is 302 g/mol. The van der Waals surface area contributed by atoms with E-state index in [1.54, 1.807) is 11.1 Å². The Labute approximate surface area is 169 Å². The summed E-state index contributed by atoms with van der Waals surface area (Å²) in [4.78, 5) is 0. The number of benzene rings is 2. The van der Waals surface area contributed by atoms with Gasteiger partial charge in [0.15, 0.2) is 0 Å². The molecule has 0 aliphatic heterocycles. The Bertz CT molecular complexity index is 719. The van der Waals surface area contributed by atoms with Crippen LogP contribution in [0.2, 0.25) is 0 Å². The normalized spacial score (nSPS) is 19.4. The van der Waals surface area contributed by atoms with Crippen molar-refractivity contribution in [3.05, 3.63) is 81.9 Å². The first-order valence-corrected chi connectivity index (χ1v) is 8.29. The van der Waals surface area contributed by atoms with E-state index in [4.69, 9.17) is 0 Å². The van der Waals surface area contributed by atoms with Crippen molar-refractivity contribution in [3.8, 4) is 0 Å². The molecule has 0 heterocycles. The van der Waals surface area contributed by atoms with Gasteiger partial charge in [0.25, 0.3) is 0 Å². The summed E-state index contributed by atoms with van der Waals surface area (Å²) in [5.74, 6) is 1.19. The van der Waals surface area contributed by atoms with Crippen LogP contribution in [0.3, 0.4) is 0 Å². The molecule has 0 radical (unpaired) electrons. The molecule has 0 saturated carbocycles. The van der Waals surface area contributed by atoms with Gasteiger partial charge in [-0.15, -0.1) is 0 Å². The standard InChI is InChI=1S/C22H22.2Li.2H/c1-15-5-3-7-17-9-11-19(21(15)17)13-14-20-12-10-18-8-4-6-16(2)22(18)20;;;;/h3-12,19-20H,13-14H2,1-2H3;;;;. The van der Waals surface area contributed by atoms with E-state index in [-0.39, 0.29) is 37.7 Å². The molecule has 2 aromatic rings. The molecule has 2 aromatic carbocycles. The fraction of sp³-hybridized carbons (Fsp3) is 0.273. The van der Waals surface area contributed by atoms with Crippen molar-refractivity contribution in [1.29, 1.82) is 0 Å². The van der Waals surface area contributed by atoms with Crippen LogP contribution in [0.1, 0.15) is 58.1 Å². The quantitative estimate of drug-likeness (QED) is 0.720. The van der Waals surface area contributed by atoms with Crippen molar-refractivity contribution in [2.75, 3.05) is 0 Å². The third-order valence-electron chi connectivity index (χ3n) is 5.26. The van der Waals surface area contributed by atoms with Crippen LogP contribution in [-0.4, -0.2) is 37.7 Å². The predicted octanol–water partition coefficient (Wildman–Crippen LogP) is 4.71. The summed E-state index contributed by atoms with van der Waals surface area (Å²) in [5, 5.41) is 0. The van der Waals surface area contributed by atoms with Gasteiger partial charge in [0.2, 0.25) is 0 Å². The molecule has 2 atom stereocenters. The van der Waals surface area contributed by atoms with Crippen LogP contribution >= 0.6 is 0 Å². The van der Waals surface area contributed by atoms with Crippen molar-refractivity contribution in [2.45, 2.75) is 38.5 Å². The van der Waals surface area contributed by atoms with E-state index in [1.807, 2.05) is 0 Å². The second kappa shape index (κ2) is 8.00. The van der Waals surface area contributed by atoms with Gasteiger partial charge in [-0.3, -0.25) is 0 Å². The Balaban J connectivity index is 0.00000104. The molecule has 0 spiro atoms. The molecule has 0 N–H and O–H groups in total. The van der Waals surface area contributed by atoms with E-state index in [2.05, 4.69) is 74.5 Å². The minimum atomic E-state index is 0. The molecule has 2 heteroatoms. The molecule has 114 valence electrons. The van der Waals surface area contributed by atoms with Gasteiger partial charge in [0.1, 0.15) is 0 Å². The van der Waals surface area contributed by atoms with E-state index in [0.29, 0.717) is 11.8 Å². The van der Waals surface area contributed by atoms with Gasteiger partial charge in [-0.05, 0) is 60.1 Å². The molecule has 2 unspecified atom stereocenters. The van der Waals surface area contributed by atoms with E-state index in [0.717, 1.165) is 0 Å². The van der Waals surface area contributed by atoms with Crippen LogP contribution in [0.25, 0.3) is 12.2 Å². The van der Waals surface area contributed by atoms with Crippen LogP contribution in [0.5, 0.6) is 0 Å². The number of fused-ring (bicyclic) bond motifs is 2. The monoisotopic (exact) mass is 302 g/mol. The number of rotatable bonds is 3. The van der Waals surface area contributed by atoms with Gasteiger partial charge in [-0.1, -0.05) is 60.7 Å². The Morgan fingerprint density at radius 3 is 1.50 bits per heavy atom. The van der Waals surface area contributed by atoms with Gasteiger partial charge < -0.3 is 0 Å². The molecule has 0 fully saturated rings. The van der Waals surface area contributed by atoms with E-state index < -0.39 is 0 Å². The molecule has 0 nitrogen and oxygen atoms in total. The minimum absolute atomic E-state index is 0. The molecular formula is C22H24Li2. The Kier molecular flexibility index (Phi) is 6.48. The number of aryl methyl sites for hydroxylation is 2. The Morgan fingerprint density at radius 2 is 1.08 bits per heavy atom. The van der Waals surface area contributed by atoms with Gasteiger partial charge in [-0.25, -0.2) is 0 Å². The van der Waals surface area contributed by atoms with E-state index in [1.165, 1.54) is 35.1 Å². The molecule has 0 bridgehead atoms. The third-order valence-corrected chi connectivity index (χ3v) is 5.26. The second-order valence-electron chi connectivity index (χ2n) is 6.66. The molecule has 0 amide bonds. The second-order valence-corrected chi connectivity index (χ2v) is 6.66. The first-order valence-electron chi connectivity index (χ1n) is 8.29. The summed E-state index contributed by atoms with van der Waals surface area (Å²) in [5.41, 5.74) is 8.81. The Morgan fingerprint density at radius 1 is 0.667 bits per heavy atom. The zero-order valence-electron chi connectivity index (χ0n) is 13.3. The van der Waals surface area contributed by atoms with Crippen LogP contribution in [0.4, 0.5) is 0 Å². The van der Waals surface area contributed by atoms with Crippen LogP contribution in [0, 0.1) is 13.8 Å². The van der Waals surface area contributed by atoms with Gasteiger partial charge in [-0.2, -0.15) is 0 Å². The number of hydrogen-bond donors (Lipinski definition) is 0. The fourth-order valence-electron chi connectivity index (χ4n) is 4.18. The van der Waals surface area contributed by atoms with Crippen LogP contribution < -0.4 is 0 Å². The van der Waals surface area contributed by atoms with Crippen molar-refractivity contribution in [1.82, 2.24) is 0 Å². The van der Waals surface area contributed by atoms with Crippen molar-refractivity contribution in [3.63, 3.8) is 0 Å². The molecule has 0 aromatic heterocycles. The van der Waals surface area contributed by atoms with Crippen molar-refractivity contribution < 1.29 is 0 Å². The van der Waals surface area contributed by atoms with Crippen molar-refractivity contribution >= 4 is 49.9 Å². The molecule has 2 aliphatic rings. The number of hydrogen-bond acceptors (Lipinski definition) is 0. The SMILES string of the molecule is Cc1cccc2c1C(CCC1C=Cc3cccc(C)c31)C=C2.[LiH].[LiH]. The van der Waals surface area contributed by atoms with Gasteiger partial charge in [0.05, 0.1) is 0 Å². The summed E-state index contributed by atoms with van der Waals surface area (Å²) >= 11 is 0. The molecular weight excluding hydrogens is 278 g/mol. The topological polar surface area (TPSA) is 0 Å². The molecule has 0 saturated heterocycles. The molecule has 2 aliphatic carbocycles. The first kappa shape index (κ1) is 19.4. The van der Waals surface area contributed by atoms with Crippen LogP contribution in [0.15, 0.2) is 48.6 Å². The first-order chi connectivity index (χ1) is 10.7. The zero-order chi connectivity index (χ0) is 15.1.